The average Bonchev–Trinajstić information content (AvgIpc) is 2.68. The fourth-order valence-electron chi connectivity index (χ4n) is 2.70. The molecule has 148 valence electrons. The van der Waals surface area contributed by atoms with Gasteiger partial charge in [-0.15, -0.1) is 0 Å². The number of aliphatic hydroxyl groups excluding tert-OH is 1. The summed E-state index contributed by atoms with van der Waals surface area (Å²) in [6.45, 7) is 1.73. The van der Waals surface area contributed by atoms with Gasteiger partial charge >= 0.3 is 0 Å². The van der Waals surface area contributed by atoms with Crippen LogP contribution in [-0.4, -0.2) is 32.0 Å². The number of halogens is 1. The lowest BCUT2D eigenvalue weighted by molar-refractivity contribution is 0.277. The van der Waals surface area contributed by atoms with Crippen LogP contribution in [0.1, 0.15) is 18.2 Å². The maximum absolute atomic E-state index is 12.7. The van der Waals surface area contributed by atoms with E-state index in [-0.39, 0.29) is 16.5 Å². The van der Waals surface area contributed by atoms with Gasteiger partial charge in [-0.05, 0) is 48.5 Å². The molecule has 0 fully saturated rings. The molecule has 3 aromatic rings. The molecule has 0 saturated heterocycles. The quantitative estimate of drug-likeness (QED) is 0.282. The van der Waals surface area contributed by atoms with Crippen LogP contribution in [0.4, 0.5) is 0 Å². The molecule has 0 saturated carbocycles. The van der Waals surface area contributed by atoms with Gasteiger partial charge in [0, 0.05) is 5.02 Å². The normalized spacial score (nSPS) is 13.3. The zero-order chi connectivity index (χ0) is 21.0. The van der Waals surface area contributed by atoms with E-state index < -0.39 is 11.7 Å². The Bertz CT molecular complexity index is 1170. The highest BCUT2D eigenvalue weighted by Gasteiger charge is 2.22. The van der Waals surface area contributed by atoms with Crippen LogP contribution in [-0.2, 0) is 0 Å². The van der Waals surface area contributed by atoms with Gasteiger partial charge in [0.1, 0.15) is 11.8 Å². The highest BCUT2D eigenvalue weighted by Crippen LogP contribution is 2.17. The second kappa shape index (κ2) is 8.95. The Labute approximate surface area is 176 Å². The predicted molar refractivity (Wildman–Crippen MR) is 120 cm³/mol. The first-order chi connectivity index (χ1) is 13.8. The monoisotopic (exact) mass is 427 g/mol. The summed E-state index contributed by atoms with van der Waals surface area (Å²) in [7, 11) is 0. The average molecular weight is 428 g/mol. The van der Waals surface area contributed by atoms with E-state index in [2.05, 4.69) is 20.5 Å². The molecule has 0 aliphatic rings. The van der Waals surface area contributed by atoms with Crippen molar-refractivity contribution in [2.75, 3.05) is 0 Å². The number of hydrazone groups is 1. The molecule has 0 amide bonds. The van der Waals surface area contributed by atoms with E-state index in [4.69, 9.17) is 29.6 Å². The Morgan fingerprint density at radius 3 is 2.76 bits per heavy atom. The Balaban J connectivity index is 2.09. The molecule has 7 nitrogen and oxygen atoms in total. The standard InChI is InChI=1S/C20H18ClN5O2S/c1-11(9-12-5-3-2-4-6-12)18(27)16(25-26-20(22)29)17-19(28)24-15-10-13(21)7-8-14(15)23-17/h2-10,18,27H,1H3,(H,24,28)(H3,22,26,29)/b11-9+,25-16-. The maximum Gasteiger partial charge on any atom is 0.276 e. The number of fused-ring (bicyclic) bond motifs is 1. The van der Waals surface area contributed by atoms with Gasteiger partial charge in [-0.1, -0.05) is 48.0 Å². The predicted octanol–water partition coefficient (Wildman–Crippen LogP) is 2.58. The molecule has 0 spiro atoms. The summed E-state index contributed by atoms with van der Waals surface area (Å²) < 4.78 is 0. The molecule has 29 heavy (non-hydrogen) atoms. The summed E-state index contributed by atoms with van der Waals surface area (Å²) >= 11 is 10.8. The number of H-pyrrole nitrogens is 1. The van der Waals surface area contributed by atoms with Crippen molar-refractivity contribution in [3.8, 4) is 0 Å². The van der Waals surface area contributed by atoms with E-state index in [1.165, 1.54) is 0 Å². The number of aliphatic hydroxyl groups is 1. The van der Waals surface area contributed by atoms with Gasteiger partial charge < -0.3 is 15.8 Å². The maximum atomic E-state index is 12.7. The minimum absolute atomic E-state index is 0.0134. The number of aromatic nitrogens is 2. The number of hydrogen-bond acceptors (Lipinski definition) is 5. The van der Waals surface area contributed by atoms with E-state index in [0.717, 1.165) is 5.56 Å². The van der Waals surface area contributed by atoms with Crippen molar-refractivity contribution in [2.45, 2.75) is 13.0 Å². The van der Waals surface area contributed by atoms with Crippen LogP contribution in [0.25, 0.3) is 17.1 Å². The molecule has 0 aliphatic heterocycles. The summed E-state index contributed by atoms with van der Waals surface area (Å²) in [5, 5.41) is 15.3. The van der Waals surface area contributed by atoms with Crippen molar-refractivity contribution in [3.63, 3.8) is 0 Å². The summed E-state index contributed by atoms with van der Waals surface area (Å²) in [5.41, 5.74) is 9.68. The SMILES string of the molecule is C/C(=C\c1ccccc1)C(O)/C(=N\NC(N)=S)c1nc2ccc(Cl)cc2[nH]c1=O. The summed E-state index contributed by atoms with van der Waals surface area (Å²) in [6, 6.07) is 14.4. The first-order valence-electron chi connectivity index (χ1n) is 8.59. The van der Waals surface area contributed by atoms with Crippen LogP contribution in [0.5, 0.6) is 0 Å². The molecule has 1 unspecified atom stereocenters. The molecule has 0 aliphatic carbocycles. The van der Waals surface area contributed by atoms with Gasteiger partial charge in [-0.2, -0.15) is 5.10 Å². The molecule has 1 heterocycles. The Morgan fingerprint density at radius 2 is 2.07 bits per heavy atom. The molecule has 3 rings (SSSR count). The third-order valence-electron chi connectivity index (χ3n) is 4.07. The number of nitrogens with zero attached hydrogens (tertiary/aromatic N) is 2. The minimum atomic E-state index is -1.23. The second-order valence-electron chi connectivity index (χ2n) is 6.25. The molecule has 5 N–H and O–H groups in total. The fourth-order valence-corrected chi connectivity index (χ4v) is 2.92. The molecule has 1 atom stereocenters. The smallest absolute Gasteiger partial charge is 0.276 e. The molecule has 1 aromatic heterocycles. The van der Waals surface area contributed by atoms with Crippen LogP contribution in [0, 0.1) is 0 Å². The molecule has 0 bridgehead atoms. The molecular formula is C20H18ClN5O2S. The van der Waals surface area contributed by atoms with Crippen molar-refractivity contribution in [3.05, 3.63) is 80.7 Å². The Hall–Kier alpha value is -3.07. The van der Waals surface area contributed by atoms with Gasteiger partial charge in [-0.3, -0.25) is 10.2 Å². The first kappa shape index (κ1) is 20.7. The Kier molecular flexibility index (Phi) is 6.38. The molecule has 9 heteroatoms. The number of nitrogens with one attached hydrogen (secondary N) is 2. The topological polar surface area (TPSA) is 116 Å². The van der Waals surface area contributed by atoms with Crippen LogP contribution in [0.2, 0.25) is 5.02 Å². The van der Waals surface area contributed by atoms with Crippen molar-refractivity contribution < 1.29 is 5.11 Å². The van der Waals surface area contributed by atoms with Crippen molar-refractivity contribution in [1.29, 1.82) is 0 Å². The van der Waals surface area contributed by atoms with E-state index >= 15 is 0 Å². The third-order valence-corrected chi connectivity index (χ3v) is 4.39. The number of benzene rings is 2. The van der Waals surface area contributed by atoms with Gasteiger partial charge in [0.15, 0.2) is 10.8 Å². The van der Waals surface area contributed by atoms with Gasteiger partial charge in [0.05, 0.1) is 11.0 Å². The lowest BCUT2D eigenvalue weighted by Gasteiger charge is -2.15. The zero-order valence-corrected chi connectivity index (χ0v) is 17.0. The Morgan fingerprint density at radius 1 is 1.34 bits per heavy atom. The molecular weight excluding hydrogens is 410 g/mol. The highest BCUT2D eigenvalue weighted by molar-refractivity contribution is 7.80. The highest BCUT2D eigenvalue weighted by atomic mass is 35.5. The summed E-state index contributed by atoms with van der Waals surface area (Å²) in [6.07, 6.45) is 0.561. The van der Waals surface area contributed by atoms with Crippen LogP contribution >= 0.6 is 23.8 Å². The first-order valence-corrected chi connectivity index (χ1v) is 9.38. The number of hydrogen-bond donors (Lipinski definition) is 4. The van der Waals surface area contributed by atoms with Crippen LogP contribution in [0.15, 0.2) is 64.0 Å². The van der Waals surface area contributed by atoms with Crippen molar-refractivity contribution in [1.82, 2.24) is 15.4 Å². The zero-order valence-electron chi connectivity index (χ0n) is 15.4. The van der Waals surface area contributed by atoms with Gasteiger partial charge in [0.25, 0.3) is 5.56 Å². The second-order valence-corrected chi connectivity index (χ2v) is 7.13. The van der Waals surface area contributed by atoms with Gasteiger partial charge in [-0.25, -0.2) is 4.98 Å². The fraction of sp³-hybridized carbons (Fsp3) is 0.100. The number of nitrogens with two attached hydrogens (primary N) is 1. The molecule has 2 aromatic carbocycles. The lowest BCUT2D eigenvalue weighted by atomic mass is 10.0. The van der Waals surface area contributed by atoms with E-state index in [1.807, 2.05) is 30.3 Å². The third kappa shape index (κ3) is 5.05. The van der Waals surface area contributed by atoms with Gasteiger partial charge in [0.2, 0.25) is 0 Å². The van der Waals surface area contributed by atoms with Crippen LogP contribution in [0.3, 0.4) is 0 Å². The van der Waals surface area contributed by atoms with E-state index in [1.54, 1.807) is 31.2 Å². The lowest BCUT2D eigenvalue weighted by Crippen LogP contribution is -2.34. The summed E-state index contributed by atoms with van der Waals surface area (Å²) in [4.78, 5) is 19.7. The number of thiocarbonyl (C=S) groups is 1. The van der Waals surface area contributed by atoms with Crippen molar-refractivity contribution >= 4 is 51.8 Å². The largest absolute Gasteiger partial charge is 0.382 e. The van der Waals surface area contributed by atoms with Crippen molar-refractivity contribution in [2.24, 2.45) is 10.8 Å². The van der Waals surface area contributed by atoms with Crippen LogP contribution < -0.4 is 16.7 Å². The van der Waals surface area contributed by atoms with E-state index in [0.29, 0.717) is 21.6 Å². The number of aromatic amines is 1. The number of rotatable bonds is 5. The summed E-state index contributed by atoms with van der Waals surface area (Å²) in [5.74, 6) is 0. The van der Waals surface area contributed by atoms with E-state index in [9.17, 15) is 9.90 Å². The minimum Gasteiger partial charge on any atom is -0.382 e. The molecule has 0 radical (unpaired) electrons.